The first-order valence-corrected chi connectivity index (χ1v) is 4.64. The predicted molar refractivity (Wildman–Crippen MR) is 59.4 cm³/mol. The van der Waals surface area contributed by atoms with Gasteiger partial charge in [0, 0.05) is 12.1 Å². The van der Waals surface area contributed by atoms with E-state index >= 15 is 0 Å². The summed E-state index contributed by atoms with van der Waals surface area (Å²) < 4.78 is 1.57. The van der Waals surface area contributed by atoms with E-state index in [4.69, 9.17) is 5.73 Å². The number of hydrogen-bond acceptors (Lipinski definition) is 4. The largest absolute Gasteiger partial charge is 0.396 e. The minimum absolute atomic E-state index is 0.0333. The van der Waals surface area contributed by atoms with Crippen molar-refractivity contribution in [2.75, 3.05) is 5.73 Å². The Bertz CT molecular complexity index is 548. The van der Waals surface area contributed by atoms with Crippen molar-refractivity contribution in [3.63, 3.8) is 0 Å². The van der Waals surface area contributed by atoms with E-state index in [0.29, 0.717) is 11.4 Å². The predicted octanol–water partition coefficient (Wildman–Crippen LogP) is 1.67. The molecule has 0 aliphatic heterocycles. The zero-order valence-corrected chi connectivity index (χ0v) is 8.62. The van der Waals surface area contributed by atoms with Crippen molar-refractivity contribution in [2.24, 2.45) is 0 Å². The molecule has 1 heterocycles. The Hall–Kier alpha value is -2.37. The molecule has 1 aromatic heterocycles. The molecule has 0 fully saturated rings. The van der Waals surface area contributed by atoms with E-state index in [9.17, 15) is 10.1 Å². The van der Waals surface area contributed by atoms with Crippen LogP contribution in [0.15, 0.2) is 30.5 Å². The van der Waals surface area contributed by atoms with Gasteiger partial charge in [0.15, 0.2) is 0 Å². The fraction of sp³-hybridized carbons (Fsp3) is 0.100. The second-order valence-electron chi connectivity index (χ2n) is 3.37. The van der Waals surface area contributed by atoms with Crippen molar-refractivity contribution in [1.82, 2.24) is 9.78 Å². The number of benzene rings is 1. The van der Waals surface area contributed by atoms with Crippen LogP contribution in [0.4, 0.5) is 11.4 Å². The molecule has 0 amide bonds. The molecule has 0 bridgehead atoms. The normalized spacial score (nSPS) is 10.3. The molecule has 2 N–H and O–H groups in total. The number of nitro benzene ring substituents is 1. The first-order chi connectivity index (χ1) is 7.59. The maximum atomic E-state index is 10.6. The highest BCUT2D eigenvalue weighted by atomic mass is 16.6. The standard InChI is InChI=1S/C10H10N4O2/c1-7-10(11)6-12-13(7)8-3-2-4-9(5-8)14(15)16/h2-6H,11H2,1H3. The first-order valence-electron chi connectivity index (χ1n) is 4.64. The Kier molecular flexibility index (Phi) is 2.32. The van der Waals surface area contributed by atoms with E-state index in [-0.39, 0.29) is 5.69 Å². The van der Waals surface area contributed by atoms with Crippen LogP contribution < -0.4 is 5.73 Å². The van der Waals surface area contributed by atoms with Gasteiger partial charge in [0.2, 0.25) is 0 Å². The molecule has 0 spiro atoms. The van der Waals surface area contributed by atoms with Crippen molar-refractivity contribution < 1.29 is 4.92 Å². The third-order valence-electron chi connectivity index (χ3n) is 2.33. The van der Waals surface area contributed by atoms with Crippen LogP contribution in [0.3, 0.4) is 0 Å². The van der Waals surface area contributed by atoms with Gasteiger partial charge in [-0.2, -0.15) is 5.10 Å². The zero-order valence-electron chi connectivity index (χ0n) is 8.62. The maximum Gasteiger partial charge on any atom is 0.271 e. The lowest BCUT2D eigenvalue weighted by molar-refractivity contribution is -0.384. The topological polar surface area (TPSA) is 87.0 Å². The van der Waals surface area contributed by atoms with Crippen molar-refractivity contribution in [2.45, 2.75) is 6.92 Å². The summed E-state index contributed by atoms with van der Waals surface area (Å²) in [4.78, 5) is 10.2. The second-order valence-corrected chi connectivity index (χ2v) is 3.37. The van der Waals surface area contributed by atoms with Crippen molar-refractivity contribution >= 4 is 11.4 Å². The highest BCUT2D eigenvalue weighted by molar-refractivity contribution is 5.48. The molecule has 0 saturated carbocycles. The molecule has 0 aliphatic rings. The zero-order chi connectivity index (χ0) is 11.7. The van der Waals surface area contributed by atoms with Crippen LogP contribution in [-0.4, -0.2) is 14.7 Å². The Morgan fingerprint density at radius 2 is 2.25 bits per heavy atom. The Morgan fingerprint density at radius 1 is 1.50 bits per heavy atom. The van der Waals surface area contributed by atoms with Crippen molar-refractivity contribution in [3.05, 3.63) is 46.3 Å². The van der Waals surface area contributed by atoms with E-state index in [2.05, 4.69) is 5.10 Å². The molecule has 0 radical (unpaired) electrons. The Morgan fingerprint density at radius 3 is 2.81 bits per heavy atom. The van der Waals surface area contributed by atoms with Crippen LogP contribution in [0.25, 0.3) is 5.69 Å². The van der Waals surface area contributed by atoms with Gasteiger partial charge in [-0.05, 0) is 13.0 Å². The van der Waals surface area contributed by atoms with Crippen LogP contribution in [0.5, 0.6) is 0 Å². The highest BCUT2D eigenvalue weighted by Gasteiger charge is 2.09. The lowest BCUT2D eigenvalue weighted by Gasteiger charge is -2.03. The highest BCUT2D eigenvalue weighted by Crippen LogP contribution is 2.19. The fourth-order valence-corrected chi connectivity index (χ4v) is 1.42. The van der Waals surface area contributed by atoms with Gasteiger partial charge in [-0.15, -0.1) is 0 Å². The molecule has 0 atom stereocenters. The summed E-state index contributed by atoms with van der Waals surface area (Å²) in [6.07, 6.45) is 1.52. The second kappa shape index (κ2) is 3.65. The molecular weight excluding hydrogens is 208 g/mol. The summed E-state index contributed by atoms with van der Waals surface area (Å²) >= 11 is 0. The van der Waals surface area contributed by atoms with Gasteiger partial charge in [0.05, 0.1) is 28.2 Å². The molecule has 1 aromatic carbocycles. The van der Waals surface area contributed by atoms with Crippen molar-refractivity contribution in [1.29, 1.82) is 0 Å². The minimum atomic E-state index is -0.439. The summed E-state index contributed by atoms with van der Waals surface area (Å²) in [5, 5.41) is 14.7. The van der Waals surface area contributed by atoms with Crippen LogP contribution in [-0.2, 0) is 0 Å². The van der Waals surface area contributed by atoms with Gasteiger partial charge < -0.3 is 5.73 Å². The number of nitro groups is 1. The van der Waals surface area contributed by atoms with Crippen LogP contribution in [0.1, 0.15) is 5.69 Å². The van der Waals surface area contributed by atoms with Crippen molar-refractivity contribution in [3.8, 4) is 5.69 Å². The van der Waals surface area contributed by atoms with Gasteiger partial charge in [0.1, 0.15) is 0 Å². The molecular formula is C10H10N4O2. The van der Waals surface area contributed by atoms with E-state index < -0.39 is 4.92 Å². The summed E-state index contributed by atoms with van der Waals surface area (Å²) in [6, 6.07) is 6.25. The van der Waals surface area contributed by atoms with E-state index in [1.165, 1.54) is 18.3 Å². The summed E-state index contributed by atoms with van der Waals surface area (Å²) in [5.41, 5.74) is 7.65. The third kappa shape index (κ3) is 1.60. The molecule has 2 aromatic rings. The number of rotatable bonds is 2. The van der Waals surface area contributed by atoms with E-state index in [0.717, 1.165) is 5.69 Å². The molecule has 0 aliphatic carbocycles. The molecule has 6 heteroatoms. The van der Waals surface area contributed by atoms with Crippen LogP contribution >= 0.6 is 0 Å². The smallest absolute Gasteiger partial charge is 0.271 e. The lowest BCUT2D eigenvalue weighted by atomic mass is 10.3. The lowest BCUT2D eigenvalue weighted by Crippen LogP contribution is -2.00. The molecule has 0 unspecified atom stereocenters. The van der Waals surface area contributed by atoms with Gasteiger partial charge in [-0.25, -0.2) is 4.68 Å². The van der Waals surface area contributed by atoms with Gasteiger partial charge in [-0.1, -0.05) is 6.07 Å². The molecule has 6 nitrogen and oxygen atoms in total. The van der Waals surface area contributed by atoms with Crippen LogP contribution in [0.2, 0.25) is 0 Å². The molecule has 0 saturated heterocycles. The Balaban J connectivity index is 2.52. The quantitative estimate of drug-likeness (QED) is 0.613. The number of nitrogen functional groups attached to an aromatic ring is 1. The van der Waals surface area contributed by atoms with E-state index in [1.54, 1.807) is 23.7 Å². The fourth-order valence-electron chi connectivity index (χ4n) is 1.42. The van der Waals surface area contributed by atoms with E-state index in [1.807, 2.05) is 0 Å². The number of anilines is 1. The van der Waals surface area contributed by atoms with Crippen LogP contribution in [0, 0.1) is 17.0 Å². The monoisotopic (exact) mass is 218 g/mol. The summed E-state index contributed by atoms with van der Waals surface area (Å²) in [5.74, 6) is 0. The average Bonchev–Trinajstić information content (AvgIpc) is 2.60. The molecule has 82 valence electrons. The number of aromatic nitrogens is 2. The maximum absolute atomic E-state index is 10.6. The third-order valence-corrected chi connectivity index (χ3v) is 2.33. The molecule has 16 heavy (non-hydrogen) atoms. The number of hydrogen-bond donors (Lipinski definition) is 1. The van der Waals surface area contributed by atoms with Gasteiger partial charge >= 0.3 is 0 Å². The summed E-state index contributed by atoms with van der Waals surface area (Å²) in [7, 11) is 0. The Labute approximate surface area is 91.5 Å². The average molecular weight is 218 g/mol. The van der Waals surface area contributed by atoms with Gasteiger partial charge in [-0.3, -0.25) is 10.1 Å². The summed E-state index contributed by atoms with van der Waals surface area (Å²) in [6.45, 7) is 1.81. The number of non-ortho nitro benzene ring substituents is 1. The molecule has 2 rings (SSSR count). The van der Waals surface area contributed by atoms with Gasteiger partial charge in [0.25, 0.3) is 5.69 Å². The SMILES string of the molecule is Cc1c(N)cnn1-c1cccc([N+](=O)[O-])c1. The first kappa shape index (κ1) is 10.2. The number of nitrogens with two attached hydrogens (primary N) is 1. The number of nitrogens with zero attached hydrogens (tertiary/aromatic N) is 3. The minimum Gasteiger partial charge on any atom is -0.396 e.